The molecule has 0 atom stereocenters. The quantitative estimate of drug-likeness (QED) is 0.432. The van der Waals surface area contributed by atoms with Crippen molar-refractivity contribution in [1.82, 2.24) is 15.8 Å². The first kappa shape index (κ1) is 20.3. The molecule has 1 aliphatic rings. The molecule has 1 heterocycles. The number of aryl methyl sites for hydroxylation is 2. The van der Waals surface area contributed by atoms with Crippen LogP contribution in [0.4, 0.5) is 0 Å². The van der Waals surface area contributed by atoms with Gasteiger partial charge in [-0.15, -0.1) is 24.0 Å². The number of guanidine groups is 1. The third-order valence-electron chi connectivity index (χ3n) is 4.75. The van der Waals surface area contributed by atoms with Crippen LogP contribution in [0, 0.1) is 19.3 Å². The van der Waals surface area contributed by atoms with Gasteiger partial charge in [0.2, 0.25) is 0 Å². The average Bonchev–Trinajstić information content (AvgIpc) is 2.79. The SMILES string of the molecule is CN=C(NCCc1c(C)noc1C)NC1CCC(C)(C)CC1.I. The van der Waals surface area contributed by atoms with Crippen molar-refractivity contribution in [2.24, 2.45) is 10.4 Å². The fourth-order valence-corrected chi connectivity index (χ4v) is 3.10. The highest BCUT2D eigenvalue weighted by atomic mass is 127. The van der Waals surface area contributed by atoms with Crippen molar-refractivity contribution in [3.05, 3.63) is 17.0 Å². The first-order chi connectivity index (χ1) is 10.4. The van der Waals surface area contributed by atoms with Gasteiger partial charge in [-0.2, -0.15) is 0 Å². The lowest BCUT2D eigenvalue weighted by atomic mass is 9.75. The number of aliphatic imine (C=N–C) groups is 1. The molecule has 0 aromatic carbocycles. The van der Waals surface area contributed by atoms with Gasteiger partial charge in [-0.25, -0.2) is 0 Å². The van der Waals surface area contributed by atoms with Gasteiger partial charge in [0.1, 0.15) is 5.76 Å². The summed E-state index contributed by atoms with van der Waals surface area (Å²) in [7, 11) is 1.83. The van der Waals surface area contributed by atoms with Gasteiger partial charge in [-0.1, -0.05) is 19.0 Å². The van der Waals surface area contributed by atoms with Crippen LogP contribution in [0.5, 0.6) is 0 Å². The molecule has 0 saturated heterocycles. The van der Waals surface area contributed by atoms with E-state index in [0.29, 0.717) is 11.5 Å². The average molecular weight is 434 g/mol. The highest BCUT2D eigenvalue weighted by Crippen LogP contribution is 2.34. The maximum absolute atomic E-state index is 5.20. The number of hydrogen-bond acceptors (Lipinski definition) is 3. The minimum Gasteiger partial charge on any atom is -0.361 e. The molecule has 132 valence electrons. The molecule has 0 bridgehead atoms. The van der Waals surface area contributed by atoms with Crippen LogP contribution in [0.3, 0.4) is 0 Å². The lowest BCUT2D eigenvalue weighted by Crippen LogP contribution is -2.46. The van der Waals surface area contributed by atoms with E-state index in [1.807, 2.05) is 20.9 Å². The van der Waals surface area contributed by atoms with Crippen LogP contribution in [-0.4, -0.2) is 30.8 Å². The topological polar surface area (TPSA) is 62.5 Å². The monoisotopic (exact) mass is 434 g/mol. The van der Waals surface area contributed by atoms with Crippen LogP contribution in [0.25, 0.3) is 0 Å². The van der Waals surface area contributed by atoms with E-state index < -0.39 is 0 Å². The lowest BCUT2D eigenvalue weighted by Gasteiger charge is -2.35. The summed E-state index contributed by atoms with van der Waals surface area (Å²) in [5.41, 5.74) is 2.68. The van der Waals surface area contributed by atoms with Crippen LogP contribution in [-0.2, 0) is 6.42 Å². The molecule has 23 heavy (non-hydrogen) atoms. The molecule has 5 nitrogen and oxygen atoms in total. The second kappa shape index (κ2) is 8.89. The van der Waals surface area contributed by atoms with Gasteiger partial charge in [0.25, 0.3) is 0 Å². The molecule has 2 N–H and O–H groups in total. The summed E-state index contributed by atoms with van der Waals surface area (Å²) in [6, 6.07) is 0.540. The summed E-state index contributed by atoms with van der Waals surface area (Å²) >= 11 is 0. The van der Waals surface area contributed by atoms with E-state index >= 15 is 0 Å². The minimum atomic E-state index is 0. The van der Waals surface area contributed by atoms with Crippen LogP contribution in [0.2, 0.25) is 0 Å². The first-order valence-corrected chi connectivity index (χ1v) is 8.30. The molecule has 1 fully saturated rings. The van der Waals surface area contributed by atoms with E-state index in [4.69, 9.17) is 4.52 Å². The van der Waals surface area contributed by atoms with Crippen molar-refractivity contribution < 1.29 is 4.52 Å². The van der Waals surface area contributed by atoms with Crippen molar-refractivity contribution in [1.29, 1.82) is 0 Å². The summed E-state index contributed by atoms with van der Waals surface area (Å²) < 4.78 is 5.20. The van der Waals surface area contributed by atoms with Gasteiger partial charge in [0.15, 0.2) is 5.96 Å². The van der Waals surface area contributed by atoms with E-state index in [1.54, 1.807) is 0 Å². The predicted octanol–water partition coefficient (Wildman–Crippen LogP) is 3.59. The zero-order valence-electron chi connectivity index (χ0n) is 15.0. The number of aromatic nitrogens is 1. The maximum atomic E-state index is 5.20. The Balaban J connectivity index is 0.00000264. The van der Waals surface area contributed by atoms with Gasteiger partial charge in [0.05, 0.1) is 5.69 Å². The van der Waals surface area contributed by atoms with Gasteiger partial charge in [-0.05, 0) is 51.4 Å². The fraction of sp³-hybridized carbons (Fsp3) is 0.765. The molecule has 1 aromatic heterocycles. The smallest absolute Gasteiger partial charge is 0.191 e. The van der Waals surface area contributed by atoms with E-state index in [1.165, 1.54) is 31.2 Å². The van der Waals surface area contributed by atoms with Crippen molar-refractivity contribution >= 4 is 29.9 Å². The molecule has 1 aromatic rings. The van der Waals surface area contributed by atoms with Crippen molar-refractivity contribution in [2.45, 2.75) is 65.8 Å². The van der Waals surface area contributed by atoms with E-state index in [9.17, 15) is 0 Å². The molecule has 0 amide bonds. The standard InChI is InChI=1S/C17H30N4O.HI/c1-12-15(13(2)22-21-12)8-11-19-16(18-5)20-14-6-9-17(3,4)10-7-14;/h14H,6-11H2,1-5H3,(H2,18,19,20);1H. The van der Waals surface area contributed by atoms with Gasteiger partial charge in [-0.3, -0.25) is 4.99 Å². The molecular formula is C17H31IN4O. The summed E-state index contributed by atoms with van der Waals surface area (Å²) in [5.74, 6) is 1.81. The van der Waals surface area contributed by atoms with E-state index in [2.05, 4.69) is 34.6 Å². The second-order valence-corrected chi connectivity index (χ2v) is 7.13. The lowest BCUT2D eigenvalue weighted by molar-refractivity contribution is 0.216. The maximum Gasteiger partial charge on any atom is 0.191 e. The molecule has 6 heteroatoms. The summed E-state index contributed by atoms with van der Waals surface area (Å²) in [4.78, 5) is 4.34. The van der Waals surface area contributed by atoms with Gasteiger partial charge >= 0.3 is 0 Å². The number of halogens is 1. The molecule has 0 aliphatic heterocycles. The van der Waals surface area contributed by atoms with Crippen molar-refractivity contribution in [3.63, 3.8) is 0 Å². The Hall–Kier alpha value is -0.790. The normalized spacial score (nSPS) is 18.4. The van der Waals surface area contributed by atoms with Crippen molar-refractivity contribution in [3.8, 4) is 0 Å². The Labute approximate surface area is 157 Å². The van der Waals surface area contributed by atoms with Crippen LogP contribution in [0.1, 0.15) is 56.5 Å². The molecular weight excluding hydrogens is 403 g/mol. The number of hydrogen-bond donors (Lipinski definition) is 2. The zero-order valence-corrected chi connectivity index (χ0v) is 17.4. The van der Waals surface area contributed by atoms with E-state index in [0.717, 1.165) is 30.4 Å². The Morgan fingerprint density at radius 1 is 1.30 bits per heavy atom. The number of nitrogens with one attached hydrogen (secondary N) is 2. The molecule has 0 spiro atoms. The third kappa shape index (κ3) is 5.97. The summed E-state index contributed by atoms with van der Waals surface area (Å²) in [5, 5.41) is 10.9. The molecule has 1 aliphatic carbocycles. The Morgan fingerprint density at radius 3 is 2.48 bits per heavy atom. The second-order valence-electron chi connectivity index (χ2n) is 7.13. The largest absolute Gasteiger partial charge is 0.361 e. The third-order valence-corrected chi connectivity index (χ3v) is 4.75. The van der Waals surface area contributed by atoms with Crippen LogP contribution < -0.4 is 10.6 Å². The Kier molecular flexibility index (Phi) is 7.83. The first-order valence-electron chi connectivity index (χ1n) is 8.30. The number of rotatable bonds is 4. The van der Waals surface area contributed by atoms with Crippen LogP contribution in [0.15, 0.2) is 9.52 Å². The molecule has 2 rings (SSSR count). The van der Waals surface area contributed by atoms with Crippen LogP contribution >= 0.6 is 24.0 Å². The predicted molar refractivity (Wildman–Crippen MR) is 106 cm³/mol. The summed E-state index contributed by atoms with van der Waals surface area (Å²) in [6.07, 6.45) is 5.90. The zero-order chi connectivity index (χ0) is 16.2. The molecule has 0 radical (unpaired) electrons. The van der Waals surface area contributed by atoms with E-state index in [-0.39, 0.29) is 24.0 Å². The molecule has 1 saturated carbocycles. The van der Waals surface area contributed by atoms with Gasteiger partial charge in [0, 0.05) is 25.2 Å². The minimum absolute atomic E-state index is 0. The fourth-order valence-electron chi connectivity index (χ4n) is 3.10. The summed E-state index contributed by atoms with van der Waals surface area (Å²) in [6.45, 7) is 9.51. The van der Waals surface area contributed by atoms with Gasteiger partial charge < -0.3 is 15.2 Å². The highest BCUT2D eigenvalue weighted by molar-refractivity contribution is 14.0. The highest BCUT2D eigenvalue weighted by Gasteiger charge is 2.27. The molecule has 0 unspecified atom stereocenters. The number of nitrogens with zero attached hydrogens (tertiary/aromatic N) is 2. The van der Waals surface area contributed by atoms with Crippen molar-refractivity contribution in [2.75, 3.05) is 13.6 Å². The Morgan fingerprint density at radius 2 is 1.96 bits per heavy atom. The Bertz CT molecular complexity index is 495.